The van der Waals surface area contributed by atoms with Crippen molar-refractivity contribution >= 4 is 11.7 Å². The van der Waals surface area contributed by atoms with Gasteiger partial charge in [0, 0.05) is 52.5 Å². The SMILES string of the molecule is Cc1ccccc1-c1cc(N2CCN(CCO)CC2)ncc1C(=O)N(C)Cc1cc(C(F)(F)F)cc(C(F)(F)F)c1. The number of carbonyl (C=O) groups is 1. The number of nitrogens with zero attached hydrogens (tertiary/aromatic N) is 4. The molecule has 1 aliphatic rings. The molecule has 1 saturated heterocycles. The van der Waals surface area contributed by atoms with Crippen LogP contribution in [0.2, 0.25) is 0 Å². The van der Waals surface area contributed by atoms with Crippen LogP contribution in [-0.2, 0) is 18.9 Å². The first-order chi connectivity index (χ1) is 19.3. The first kappa shape index (κ1) is 30.3. The van der Waals surface area contributed by atoms with Gasteiger partial charge in [0.2, 0.25) is 0 Å². The molecule has 0 radical (unpaired) electrons. The van der Waals surface area contributed by atoms with Crippen LogP contribution < -0.4 is 4.90 Å². The van der Waals surface area contributed by atoms with Crippen molar-refractivity contribution in [3.05, 3.63) is 82.5 Å². The van der Waals surface area contributed by atoms with Crippen LogP contribution in [-0.4, -0.2) is 72.2 Å². The molecule has 1 amide bonds. The van der Waals surface area contributed by atoms with E-state index in [0.29, 0.717) is 43.1 Å². The van der Waals surface area contributed by atoms with E-state index in [4.69, 9.17) is 0 Å². The third-order valence-corrected chi connectivity index (χ3v) is 7.08. The Morgan fingerprint density at radius 1 is 0.927 bits per heavy atom. The molecule has 1 aliphatic heterocycles. The predicted molar refractivity (Wildman–Crippen MR) is 142 cm³/mol. The number of aromatic nitrogens is 1. The second-order valence-electron chi connectivity index (χ2n) is 10.0. The topological polar surface area (TPSA) is 59.9 Å². The molecule has 0 aliphatic carbocycles. The summed E-state index contributed by atoms with van der Waals surface area (Å²) in [5.41, 5.74) is -0.809. The highest BCUT2D eigenvalue weighted by Gasteiger charge is 2.37. The number of carbonyl (C=O) groups excluding carboxylic acids is 1. The van der Waals surface area contributed by atoms with Crippen LogP contribution in [0.3, 0.4) is 0 Å². The number of β-amino-alcohol motifs (C(OH)–C–C–N with tert-alkyl or cyclic N) is 1. The van der Waals surface area contributed by atoms with Crippen LogP contribution in [0.15, 0.2) is 54.7 Å². The molecule has 0 spiro atoms. The van der Waals surface area contributed by atoms with Crippen LogP contribution >= 0.6 is 0 Å². The fourth-order valence-electron chi connectivity index (χ4n) is 4.89. The van der Waals surface area contributed by atoms with E-state index in [1.165, 1.54) is 13.2 Å². The Labute approximate surface area is 233 Å². The lowest BCUT2D eigenvalue weighted by Gasteiger charge is -2.35. The van der Waals surface area contributed by atoms with Crippen LogP contribution in [0.4, 0.5) is 32.2 Å². The Morgan fingerprint density at radius 2 is 1.54 bits per heavy atom. The second-order valence-corrected chi connectivity index (χ2v) is 10.0. The van der Waals surface area contributed by atoms with Gasteiger partial charge in [-0.2, -0.15) is 26.3 Å². The zero-order valence-corrected chi connectivity index (χ0v) is 22.6. The molecule has 2 heterocycles. The fraction of sp³-hybridized carbons (Fsp3) is 0.379. The summed E-state index contributed by atoms with van der Waals surface area (Å²) < 4.78 is 80.1. The fourth-order valence-corrected chi connectivity index (χ4v) is 4.89. The van der Waals surface area contributed by atoms with Gasteiger partial charge in [0.05, 0.1) is 23.3 Å². The second kappa shape index (κ2) is 12.1. The average molecular weight is 581 g/mol. The zero-order chi connectivity index (χ0) is 29.9. The van der Waals surface area contributed by atoms with Crippen LogP contribution in [0.5, 0.6) is 0 Å². The molecule has 1 N–H and O–H groups in total. The summed E-state index contributed by atoms with van der Waals surface area (Å²) >= 11 is 0. The molecule has 0 bridgehead atoms. The van der Waals surface area contributed by atoms with E-state index in [0.717, 1.165) is 29.1 Å². The molecule has 41 heavy (non-hydrogen) atoms. The van der Waals surface area contributed by atoms with E-state index in [1.54, 1.807) is 6.07 Å². The van der Waals surface area contributed by atoms with Crippen molar-refractivity contribution in [2.45, 2.75) is 25.8 Å². The van der Waals surface area contributed by atoms with Crippen molar-refractivity contribution in [2.24, 2.45) is 0 Å². The summed E-state index contributed by atoms with van der Waals surface area (Å²) in [6, 6.07) is 10.5. The summed E-state index contributed by atoms with van der Waals surface area (Å²) in [6.45, 7) is 4.80. The molecule has 0 saturated carbocycles. The molecule has 4 rings (SSSR count). The summed E-state index contributed by atoms with van der Waals surface area (Å²) in [5, 5.41) is 9.21. The van der Waals surface area contributed by atoms with Crippen molar-refractivity contribution in [1.82, 2.24) is 14.8 Å². The lowest BCUT2D eigenvalue weighted by Crippen LogP contribution is -2.47. The third-order valence-electron chi connectivity index (χ3n) is 7.08. The minimum absolute atomic E-state index is 0.0634. The Morgan fingerprint density at radius 3 is 2.10 bits per heavy atom. The number of rotatable bonds is 7. The van der Waals surface area contributed by atoms with Gasteiger partial charge in [0.15, 0.2) is 0 Å². The number of amides is 1. The quantitative estimate of drug-likeness (QED) is 0.375. The number of aryl methyl sites for hydroxylation is 1. The number of anilines is 1. The molecular weight excluding hydrogens is 550 g/mol. The van der Waals surface area contributed by atoms with Gasteiger partial charge in [-0.25, -0.2) is 4.98 Å². The van der Waals surface area contributed by atoms with Gasteiger partial charge in [0.25, 0.3) is 5.91 Å². The van der Waals surface area contributed by atoms with Crippen molar-refractivity contribution in [2.75, 3.05) is 51.3 Å². The molecule has 3 aromatic rings. The number of halogens is 6. The van der Waals surface area contributed by atoms with E-state index in [1.807, 2.05) is 31.2 Å². The highest BCUT2D eigenvalue weighted by atomic mass is 19.4. The van der Waals surface area contributed by atoms with E-state index in [2.05, 4.69) is 14.8 Å². The third kappa shape index (κ3) is 7.17. The minimum Gasteiger partial charge on any atom is -0.395 e. The average Bonchev–Trinajstić information content (AvgIpc) is 2.92. The summed E-state index contributed by atoms with van der Waals surface area (Å²) in [5.74, 6) is 0.0415. The summed E-state index contributed by atoms with van der Waals surface area (Å²) in [7, 11) is 1.33. The predicted octanol–water partition coefficient (Wildman–Crippen LogP) is 5.48. The smallest absolute Gasteiger partial charge is 0.395 e. The molecule has 6 nitrogen and oxygen atoms in total. The standard InChI is InChI=1S/C29H30F6N4O2/c1-19-5-3-4-6-23(19)24-16-26(39-9-7-38(8-10-39)11-12-40)36-17-25(24)27(41)37(2)18-20-13-21(28(30,31)32)15-22(14-20)29(33,34)35/h3-6,13-17,40H,7-12,18H2,1-2H3. The maximum atomic E-state index is 13.6. The number of benzene rings is 2. The molecule has 1 aromatic heterocycles. The first-order valence-corrected chi connectivity index (χ1v) is 13.0. The van der Waals surface area contributed by atoms with Gasteiger partial charge in [-0.05, 0) is 53.4 Å². The molecular formula is C29H30F6N4O2. The van der Waals surface area contributed by atoms with E-state index >= 15 is 0 Å². The number of aliphatic hydroxyl groups is 1. The van der Waals surface area contributed by atoms with Gasteiger partial charge in [-0.15, -0.1) is 0 Å². The highest BCUT2D eigenvalue weighted by Crippen LogP contribution is 2.37. The van der Waals surface area contributed by atoms with Gasteiger partial charge in [-0.3, -0.25) is 9.69 Å². The van der Waals surface area contributed by atoms with E-state index in [9.17, 15) is 36.2 Å². The van der Waals surface area contributed by atoms with Crippen molar-refractivity contribution < 1.29 is 36.2 Å². The molecule has 220 valence electrons. The highest BCUT2D eigenvalue weighted by molar-refractivity contribution is 6.01. The maximum absolute atomic E-state index is 13.6. The number of hydrogen-bond acceptors (Lipinski definition) is 5. The van der Waals surface area contributed by atoms with Gasteiger partial charge >= 0.3 is 12.4 Å². The van der Waals surface area contributed by atoms with Crippen LogP contribution in [0, 0.1) is 6.92 Å². The molecule has 1 fully saturated rings. The Balaban J connectivity index is 1.67. The Kier molecular flexibility index (Phi) is 8.93. The number of aliphatic hydroxyl groups excluding tert-OH is 1. The van der Waals surface area contributed by atoms with E-state index < -0.39 is 35.9 Å². The lowest BCUT2D eigenvalue weighted by molar-refractivity contribution is -0.143. The largest absolute Gasteiger partial charge is 0.416 e. The molecule has 0 atom stereocenters. The Hall–Kier alpha value is -3.64. The summed E-state index contributed by atoms with van der Waals surface area (Å²) in [6.07, 6.45) is -8.57. The molecule has 2 aromatic carbocycles. The molecule has 0 unspecified atom stereocenters. The minimum atomic E-state index is -4.99. The number of piperazine rings is 1. The van der Waals surface area contributed by atoms with E-state index in [-0.39, 0.29) is 23.8 Å². The van der Waals surface area contributed by atoms with Gasteiger partial charge in [0.1, 0.15) is 5.82 Å². The zero-order valence-electron chi connectivity index (χ0n) is 22.6. The summed E-state index contributed by atoms with van der Waals surface area (Å²) in [4.78, 5) is 23.4. The Bertz CT molecular complexity index is 1350. The first-order valence-electron chi connectivity index (χ1n) is 13.0. The number of hydrogen-bond donors (Lipinski definition) is 1. The number of pyridine rings is 1. The monoisotopic (exact) mass is 580 g/mol. The van der Waals surface area contributed by atoms with Crippen molar-refractivity contribution in [1.29, 1.82) is 0 Å². The van der Waals surface area contributed by atoms with Crippen LogP contribution in [0.25, 0.3) is 11.1 Å². The van der Waals surface area contributed by atoms with Gasteiger partial charge in [-0.1, -0.05) is 24.3 Å². The molecule has 12 heteroatoms. The normalized spacial score (nSPS) is 14.8. The van der Waals surface area contributed by atoms with Crippen molar-refractivity contribution in [3.63, 3.8) is 0 Å². The lowest BCUT2D eigenvalue weighted by atomic mass is 9.96. The number of alkyl halides is 6. The van der Waals surface area contributed by atoms with Crippen LogP contribution in [0.1, 0.15) is 32.6 Å². The maximum Gasteiger partial charge on any atom is 0.416 e. The van der Waals surface area contributed by atoms with Gasteiger partial charge < -0.3 is 14.9 Å². The van der Waals surface area contributed by atoms with Crippen molar-refractivity contribution in [3.8, 4) is 11.1 Å².